The van der Waals surface area contributed by atoms with Crippen molar-refractivity contribution in [2.24, 2.45) is 0 Å². The second kappa shape index (κ2) is 5.03. The van der Waals surface area contributed by atoms with Crippen LogP contribution in [0.3, 0.4) is 0 Å². The number of hydrogen-bond donors (Lipinski definition) is 0. The second-order valence-corrected chi connectivity index (χ2v) is 3.82. The van der Waals surface area contributed by atoms with Gasteiger partial charge >= 0.3 is 0 Å². The molecular weight excluding hydrogens is 224 g/mol. The third-order valence-electron chi connectivity index (χ3n) is 2.51. The lowest BCUT2D eigenvalue weighted by atomic mass is 10.1. The van der Waals surface area contributed by atoms with E-state index < -0.39 is 0 Å². The summed E-state index contributed by atoms with van der Waals surface area (Å²) >= 11 is 0. The topological polar surface area (TPSA) is 56.8 Å². The Labute approximate surface area is 105 Å². The van der Waals surface area contributed by atoms with Crippen LogP contribution in [-0.2, 0) is 0 Å². The van der Waals surface area contributed by atoms with Crippen molar-refractivity contribution in [1.82, 2.24) is 0 Å². The molecule has 0 atom stereocenters. The van der Waals surface area contributed by atoms with E-state index in [4.69, 9.17) is 15.3 Å². The lowest BCUT2D eigenvalue weighted by Crippen LogP contribution is -1.91. The maximum absolute atomic E-state index is 9.07. The van der Waals surface area contributed by atoms with Gasteiger partial charge < -0.3 is 4.74 Å². The summed E-state index contributed by atoms with van der Waals surface area (Å²) in [5.41, 5.74) is 1.72. The zero-order valence-corrected chi connectivity index (χ0v) is 9.84. The normalized spacial score (nSPS) is 9.28. The molecule has 0 unspecified atom stereocenters. The molecule has 0 fully saturated rings. The molecule has 0 aliphatic rings. The van der Waals surface area contributed by atoms with Crippen LogP contribution < -0.4 is 4.74 Å². The summed E-state index contributed by atoms with van der Waals surface area (Å²) in [7, 11) is 0. The summed E-state index contributed by atoms with van der Waals surface area (Å²) in [4.78, 5) is 0. The number of nitrogens with zero attached hydrogens (tertiary/aromatic N) is 2. The minimum atomic E-state index is 0.264. The van der Waals surface area contributed by atoms with E-state index in [0.717, 1.165) is 5.56 Å². The van der Waals surface area contributed by atoms with Crippen molar-refractivity contribution in [3.8, 4) is 23.6 Å². The highest BCUT2D eigenvalue weighted by atomic mass is 16.5. The van der Waals surface area contributed by atoms with Crippen LogP contribution in [0.4, 0.5) is 0 Å². The van der Waals surface area contributed by atoms with E-state index >= 15 is 0 Å². The van der Waals surface area contributed by atoms with E-state index in [0.29, 0.717) is 17.1 Å². The quantitative estimate of drug-likeness (QED) is 0.798. The average Bonchev–Trinajstić information content (AvgIpc) is 2.41. The van der Waals surface area contributed by atoms with E-state index in [1.54, 1.807) is 18.2 Å². The molecule has 0 aliphatic carbocycles. The van der Waals surface area contributed by atoms with Gasteiger partial charge in [-0.3, -0.25) is 0 Å². The second-order valence-electron chi connectivity index (χ2n) is 3.82. The largest absolute Gasteiger partial charge is 0.456 e. The molecule has 0 aromatic heterocycles. The van der Waals surface area contributed by atoms with Crippen LogP contribution in [0.15, 0.2) is 42.5 Å². The van der Waals surface area contributed by atoms with Crippen LogP contribution in [0.2, 0.25) is 0 Å². The smallest absolute Gasteiger partial charge is 0.146 e. The van der Waals surface area contributed by atoms with Gasteiger partial charge in [-0.15, -0.1) is 0 Å². The Morgan fingerprint density at radius 2 is 1.67 bits per heavy atom. The summed E-state index contributed by atoms with van der Waals surface area (Å²) in [6.45, 7) is 1.99. The predicted octanol–water partition coefficient (Wildman–Crippen LogP) is 3.53. The Morgan fingerprint density at radius 1 is 0.944 bits per heavy atom. The summed E-state index contributed by atoms with van der Waals surface area (Å²) < 4.78 is 5.62. The monoisotopic (exact) mass is 234 g/mol. The van der Waals surface area contributed by atoms with Crippen LogP contribution in [0, 0.1) is 29.6 Å². The fraction of sp³-hybridized carbons (Fsp3) is 0.0667. The first-order chi connectivity index (χ1) is 8.74. The maximum atomic E-state index is 9.07. The highest BCUT2D eigenvalue weighted by Gasteiger charge is 2.09. The van der Waals surface area contributed by atoms with Crippen molar-refractivity contribution in [1.29, 1.82) is 10.5 Å². The van der Waals surface area contributed by atoms with Crippen LogP contribution >= 0.6 is 0 Å². The van der Waals surface area contributed by atoms with Crippen molar-refractivity contribution in [3.63, 3.8) is 0 Å². The first-order valence-electron chi connectivity index (χ1n) is 5.42. The zero-order chi connectivity index (χ0) is 13.0. The van der Waals surface area contributed by atoms with E-state index in [2.05, 4.69) is 0 Å². The van der Waals surface area contributed by atoms with E-state index in [9.17, 15) is 0 Å². The van der Waals surface area contributed by atoms with E-state index in [1.807, 2.05) is 43.3 Å². The molecular formula is C15H10N2O. The number of hydrogen-bond acceptors (Lipinski definition) is 3. The molecule has 0 aliphatic heterocycles. The van der Waals surface area contributed by atoms with E-state index in [-0.39, 0.29) is 5.56 Å². The number of aryl methyl sites for hydroxylation is 1. The molecule has 0 saturated heterocycles. The van der Waals surface area contributed by atoms with E-state index in [1.165, 1.54) is 0 Å². The summed E-state index contributed by atoms with van der Waals surface area (Å²) in [5, 5.41) is 18.0. The first kappa shape index (κ1) is 11.7. The Bertz CT molecular complexity index is 646. The molecule has 0 amide bonds. The fourth-order valence-corrected chi connectivity index (χ4v) is 1.56. The van der Waals surface area contributed by atoms with Crippen LogP contribution in [0.5, 0.6) is 11.5 Å². The van der Waals surface area contributed by atoms with Crippen LogP contribution in [0.1, 0.15) is 16.7 Å². The van der Waals surface area contributed by atoms with Gasteiger partial charge in [-0.05, 0) is 31.2 Å². The Morgan fingerprint density at radius 3 is 2.28 bits per heavy atom. The molecule has 0 saturated carbocycles. The standard InChI is InChI=1S/C15H10N2O/c1-11-5-7-13(8-6-11)18-15-4-2-3-12(9-16)14(15)10-17/h2-8H,1H3. The highest BCUT2D eigenvalue weighted by Crippen LogP contribution is 2.27. The van der Waals surface area contributed by atoms with Gasteiger partial charge in [0, 0.05) is 0 Å². The van der Waals surface area contributed by atoms with Crippen LogP contribution in [0.25, 0.3) is 0 Å². The van der Waals surface area contributed by atoms with Gasteiger partial charge in [0.2, 0.25) is 0 Å². The fourth-order valence-electron chi connectivity index (χ4n) is 1.56. The van der Waals surface area contributed by atoms with Crippen molar-refractivity contribution in [2.45, 2.75) is 6.92 Å². The Kier molecular flexibility index (Phi) is 3.27. The van der Waals surface area contributed by atoms with Gasteiger partial charge in [0.05, 0.1) is 5.56 Å². The molecule has 86 valence electrons. The van der Waals surface area contributed by atoms with Gasteiger partial charge in [-0.25, -0.2) is 0 Å². The third-order valence-corrected chi connectivity index (χ3v) is 2.51. The van der Waals surface area contributed by atoms with Gasteiger partial charge in [-0.2, -0.15) is 10.5 Å². The molecule has 3 nitrogen and oxygen atoms in total. The lowest BCUT2D eigenvalue weighted by Gasteiger charge is -2.08. The molecule has 0 radical (unpaired) electrons. The molecule has 0 N–H and O–H groups in total. The summed E-state index contributed by atoms with van der Waals surface area (Å²) in [6.07, 6.45) is 0. The molecule has 0 bridgehead atoms. The number of benzene rings is 2. The minimum Gasteiger partial charge on any atom is -0.456 e. The minimum absolute atomic E-state index is 0.264. The predicted molar refractivity (Wildman–Crippen MR) is 67.1 cm³/mol. The Balaban J connectivity index is 2.38. The SMILES string of the molecule is Cc1ccc(Oc2cccc(C#N)c2C#N)cc1. The molecule has 2 rings (SSSR count). The zero-order valence-electron chi connectivity index (χ0n) is 9.84. The molecule has 0 spiro atoms. The van der Waals surface area contributed by atoms with Gasteiger partial charge in [0.1, 0.15) is 29.2 Å². The van der Waals surface area contributed by atoms with Crippen LogP contribution in [-0.4, -0.2) is 0 Å². The van der Waals surface area contributed by atoms with Crippen molar-refractivity contribution in [3.05, 3.63) is 59.2 Å². The lowest BCUT2D eigenvalue weighted by molar-refractivity contribution is 0.481. The number of nitriles is 2. The van der Waals surface area contributed by atoms with Crippen molar-refractivity contribution >= 4 is 0 Å². The van der Waals surface area contributed by atoms with Gasteiger partial charge in [0.15, 0.2) is 0 Å². The molecule has 2 aromatic rings. The third kappa shape index (κ3) is 2.31. The highest BCUT2D eigenvalue weighted by molar-refractivity contribution is 5.54. The Hall–Kier alpha value is -2.78. The first-order valence-corrected chi connectivity index (χ1v) is 5.42. The number of ether oxygens (including phenoxy) is 1. The van der Waals surface area contributed by atoms with Crippen molar-refractivity contribution in [2.75, 3.05) is 0 Å². The average molecular weight is 234 g/mol. The summed E-state index contributed by atoms with van der Waals surface area (Å²) in [6, 6.07) is 16.5. The number of rotatable bonds is 2. The van der Waals surface area contributed by atoms with Gasteiger partial charge in [-0.1, -0.05) is 23.8 Å². The maximum Gasteiger partial charge on any atom is 0.146 e. The van der Waals surface area contributed by atoms with Gasteiger partial charge in [0.25, 0.3) is 0 Å². The molecule has 2 aromatic carbocycles. The molecule has 18 heavy (non-hydrogen) atoms. The summed E-state index contributed by atoms with van der Waals surface area (Å²) in [5.74, 6) is 1.05. The molecule has 0 heterocycles. The molecule has 3 heteroatoms. The van der Waals surface area contributed by atoms with Crippen molar-refractivity contribution < 1.29 is 4.74 Å².